The maximum Gasteiger partial charge on any atom is 0.0448 e. The highest BCUT2D eigenvalue weighted by molar-refractivity contribution is 5.85. The number of anilines is 1. The van der Waals surface area contributed by atoms with Crippen molar-refractivity contribution < 1.29 is 5.21 Å². The van der Waals surface area contributed by atoms with Gasteiger partial charge >= 0.3 is 0 Å². The van der Waals surface area contributed by atoms with Crippen LogP contribution >= 0.6 is 12.4 Å². The molecule has 0 bridgehead atoms. The van der Waals surface area contributed by atoms with Crippen molar-refractivity contribution in [3.05, 3.63) is 41.6 Å². The molecule has 1 N–H and O–H groups in total. The van der Waals surface area contributed by atoms with Crippen molar-refractivity contribution in [2.24, 2.45) is 0 Å². The summed E-state index contributed by atoms with van der Waals surface area (Å²) < 4.78 is 0. The molecule has 2 aliphatic rings. The molecule has 2 saturated heterocycles. The number of nitrogens with zero attached hydrogens (tertiary/aromatic N) is 3. The highest BCUT2D eigenvalue weighted by Crippen LogP contribution is 2.41. The number of rotatable bonds is 2. The van der Waals surface area contributed by atoms with E-state index in [0.29, 0.717) is 0 Å². The van der Waals surface area contributed by atoms with Crippen LogP contribution in [-0.4, -0.2) is 52.4 Å². The van der Waals surface area contributed by atoms with Gasteiger partial charge in [-0.1, -0.05) is 18.2 Å². The minimum atomic E-state index is -0.218. The van der Waals surface area contributed by atoms with E-state index in [0.717, 1.165) is 39.0 Å². The lowest BCUT2D eigenvalue weighted by atomic mass is 9.78. The van der Waals surface area contributed by atoms with Crippen molar-refractivity contribution in [1.82, 2.24) is 9.96 Å². The molecule has 0 radical (unpaired) electrons. The third-order valence-electron chi connectivity index (χ3n) is 5.83. The van der Waals surface area contributed by atoms with Crippen LogP contribution in [0.3, 0.4) is 0 Å². The third kappa shape index (κ3) is 4.19. The highest BCUT2D eigenvalue weighted by atomic mass is 35.5. The second-order valence-corrected chi connectivity index (χ2v) is 8.79. The average molecular weight is 380 g/mol. The minimum absolute atomic E-state index is 0. The number of piperidine rings is 1. The summed E-state index contributed by atoms with van der Waals surface area (Å²) >= 11 is 0. The molecule has 26 heavy (non-hydrogen) atoms. The van der Waals surface area contributed by atoms with Crippen LogP contribution in [0.15, 0.2) is 41.6 Å². The molecule has 2 heterocycles. The van der Waals surface area contributed by atoms with Crippen LogP contribution in [0.5, 0.6) is 0 Å². The van der Waals surface area contributed by atoms with E-state index in [1.54, 1.807) is 5.06 Å². The first-order valence-electron chi connectivity index (χ1n) is 9.43. The van der Waals surface area contributed by atoms with Gasteiger partial charge in [-0.2, -0.15) is 5.06 Å². The summed E-state index contributed by atoms with van der Waals surface area (Å²) in [5.74, 6) is 0. The quantitative estimate of drug-likeness (QED) is 0.816. The fourth-order valence-electron chi connectivity index (χ4n) is 4.49. The fraction of sp³-hybridized carbons (Fsp3) is 0.619. The Balaban J connectivity index is 0.00000243. The van der Waals surface area contributed by atoms with Gasteiger partial charge < -0.3 is 15.0 Å². The molecule has 0 aromatic heterocycles. The van der Waals surface area contributed by atoms with Gasteiger partial charge in [0, 0.05) is 48.6 Å². The first-order chi connectivity index (χ1) is 11.7. The standard InChI is InChI=1S/C21H33N3O.ClH/c1-17(18-15-20(2,3)24(25)21(4,5)16-18)22-11-13-23(14-12-22)19-9-7-6-8-10-19;/h6-10,25H,11-16H2,1-5H3;1H. The summed E-state index contributed by atoms with van der Waals surface area (Å²) in [7, 11) is 0. The Morgan fingerprint density at radius 2 is 1.38 bits per heavy atom. The van der Waals surface area contributed by atoms with Crippen LogP contribution in [-0.2, 0) is 0 Å². The van der Waals surface area contributed by atoms with Gasteiger partial charge in [-0.15, -0.1) is 12.4 Å². The van der Waals surface area contributed by atoms with Crippen molar-refractivity contribution in [3.8, 4) is 0 Å². The number of halogens is 1. The second-order valence-electron chi connectivity index (χ2n) is 8.79. The normalized spacial score (nSPS) is 22.8. The molecule has 0 atom stereocenters. The van der Waals surface area contributed by atoms with Gasteiger partial charge in [0.05, 0.1) is 0 Å². The van der Waals surface area contributed by atoms with E-state index in [-0.39, 0.29) is 23.5 Å². The zero-order chi connectivity index (χ0) is 18.2. The van der Waals surface area contributed by atoms with E-state index in [1.807, 2.05) is 0 Å². The predicted octanol–water partition coefficient (Wildman–Crippen LogP) is 4.55. The van der Waals surface area contributed by atoms with Gasteiger partial charge in [-0.05, 0) is 65.2 Å². The predicted molar refractivity (Wildman–Crippen MR) is 111 cm³/mol. The summed E-state index contributed by atoms with van der Waals surface area (Å²) in [4.78, 5) is 5.01. The maximum atomic E-state index is 10.5. The number of hydrogen-bond acceptors (Lipinski definition) is 4. The SMILES string of the molecule is CC(=C1CC(C)(C)N(O)C(C)(C)C1)N1CCN(c2ccccc2)CC1.Cl. The fourth-order valence-corrected chi connectivity index (χ4v) is 4.49. The molecule has 146 valence electrons. The van der Waals surface area contributed by atoms with Gasteiger partial charge in [0.15, 0.2) is 0 Å². The zero-order valence-corrected chi connectivity index (χ0v) is 17.6. The Bertz CT molecular complexity index is 614. The highest BCUT2D eigenvalue weighted by Gasteiger charge is 2.43. The van der Waals surface area contributed by atoms with Gasteiger partial charge in [-0.25, -0.2) is 0 Å². The molecule has 5 heteroatoms. The monoisotopic (exact) mass is 379 g/mol. The van der Waals surface area contributed by atoms with Crippen molar-refractivity contribution >= 4 is 18.1 Å². The van der Waals surface area contributed by atoms with Crippen LogP contribution in [0.2, 0.25) is 0 Å². The summed E-state index contributed by atoms with van der Waals surface area (Å²) in [6, 6.07) is 10.7. The Morgan fingerprint density at radius 1 is 0.885 bits per heavy atom. The lowest BCUT2D eigenvalue weighted by molar-refractivity contribution is -0.233. The Labute approximate surface area is 164 Å². The van der Waals surface area contributed by atoms with E-state index in [4.69, 9.17) is 0 Å². The molecule has 0 spiro atoms. The molecule has 4 nitrogen and oxygen atoms in total. The van der Waals surface area contributed by atoms with E-state index >= 15 is 0 Å². The number of piperazine rings is 1. The number of hydroxylamine groups is 2. The van der Waals surface area contributed by atoms with Crippen LogP contribution in [0.25, 0.3) is 0 Å². The average Bonchev–Trinajstić information content (AvgIpc) is 2.59. The van der Waals surface area contributed by atoms with E-state index in [9.17, 15) is 5.21 Å². The number of benzene rings is 1. The van der Waals surface area contributed by atoms with Crippen LogP contribution in [0.1, 0.15) is 47.5 Å². The Morgan fingerprint density at radius 3 is 1.88 bits per heavy atom. The molecular formula is C21H34ClN3O. The molecular weight excluding hydrogens is 346 g/mol. The molecule has 1 aromatic carbocycles. The Kier molecular flexibility index (Phi) is 6.32. The first-order valence-corrected chi connectivity index (χ1v) is 9.43. The number of allylic oxidation sites excluding steroid dienone is 1. The topological polar surface area (TPSA) is 30.0 Å². The van der Waals surface area contributed by atoms with E-state index < -0.39 is 0 Å². The molecule has 0 saturated carbocycles. The minimum Gasteiger partial charge on any atom is -0.372 e. The largest absolute Gasteiger partial charge is 0.372 e. The van der Waals surface area contributed by atoms with Gasteiger partial charge in [0.1, 0.15) is 0 Å². The smallest absolute Gasteiger partial charge is 0.0448 e. The summed E-state index contributed by atoms with van der Waals surface area (Å²) in [6.45, 7) is 15.1. The first kappa shape index (κ1) is 21.1. The molecule has 3 rings (SSSR count). The zero-order valence-electron chi connectivity index (χ0n) is 16.8. The van der Waals surface area contributed by atoms with Crippen LogP contribution < -0.4 is 4.90 Å². The van der Waals surface area contributed by atoms with Crippen molar-refractivity contribution in [3.63, 3.8) is 0 Å². The molecule has 2 fully saturated rings. The molecule has 1 aromatic rings. The number of para-hydroxylation sites is 1. The lowest BCUT2D eigenvalue weighted by Crippen LogP contribution is -2.57. The molecule has 0 aliphatic carbocycles. The van der Waals surface area contributed by atoms with Gasteiger partial charge in [0.25, 0.3) is 0 Å². The molecule has 0 amide bonds. The van der Waals surface area contributed by atoms with Crippen molar-refractivity contribution in [2.75, 3.05) is 31.1 Å². The maximum absolute atomic E-state index is 10.5. The van der Waals surface area contributed by atoms with Crippen molar-refractivity contribution in [2.45, 2.75) is 58.5 Å². The van der Waals surface area contributed by atoms with Crippen LogP contribution in [0, 0.1) is 0 Å². The molecule has 0 unspecified atom stereocenters. The van der Waals surface area contributed by atoms with E-state index in [1.165, 1.54) is 17.0 Å². The van der Waals surface area contributed by atoms with Crippen LogP contribution in [0.4, 0.5) is 5.69 Å². The summed E-state index contributed by atoms with van der Waals surface area (Å²) in [5.41, 5.74) is 3.80. The van der Waals surface area contributed by atoms with Gasteiger partial charge in [-0.3, -0.25) is 0 Å². The van der Waals surface area contributed by atoms with Crippen molar-refractivity contribution in [1.29, 1.82) is 0 Å². The lowest BCUT2D eigenvalue weighted by Gasteiger charge is -2.50. The molecule has 2 aliphatic heterocycles. The van der Waals surface area contributed by atoms with E-state index in [2.05, 4.69) is 74.8 Å². The number of hydrogen-bond donors (Lipinski definition) is 1. The third-order valence-corrected chi connectivity index (χ3v) is 5.83. The Hall–Kier alpha value is -1.23. The van der Waals surface area contributed by atoms with Gasteiger partial charge in [0.2, 0.25) is 0 Å². The summed E-state index contributed by atoms with van der Waals surface area (Å²) in [5, 5.41) is 12.1. The second kappa shape index (κ2) is 7.79. The summed E-state index contributed by atoms with van der Waals surface area (Å²) in [6.07, 6.45) is 1.86.